The fraction of sp³-hybridized carbons (Fsp3) is 0.282. The number of amides is 2. The Morgan fingerprint density at radius 2 is 1.52 bits per heavy atom. The van der Waals surface area contributed by atoms with Crippen molar-refractivity contribution < 1.29 is 51.7 Å². The van der Waals surface area contributed by atoms with Crippen LogP contribution >= 0.6 is 0 Å². The summed E-state index contributed by atoms with van der Waals surface area (Å²) in [5.41, 5.74) is 4.48. The molecule has 3 aromatic carbocycles. The molecule has 0 bridgehead atoms. The smallest absolute Gasteiger partial charge is 0.417 e. The number of hydrogen-bond donors (Lipinski definition) is 2. The highest BCUT2D eigenvalue weighted by Gasteiger charge is 2.36. The number of carbonyl (C=O) groups is 4. The van der Waals surface area contributed by atoms with Crippen molar-refractivity contribution in [1.82, 2.24) is 4.90 Å². The molecule has 0 saturated heterocycles. The van der Waals surface area contributed by atoms with E-state index in [4.69, 9.17) is 14.2 Å². The van der Waals surface area contributed by atoms with E-state index in [-0.39, 0.29) is 29.3 Å². The number of nitrogens with zero attached hydrogens (tertiary/aromatic N) is 1. The molecule has 10 nitrogen and oxygen atoms in total. The number of ether oxygens (including phenoxy) is 3. The molecule has 0 atom stereocenters. The van der Waals surface area contributed by atoms with Gasteiger partial charge in [-0.2, -0.15) is 13.2 Å². The van der Waals surface area contributed by atoms with Crippen LogP contribution < -0.4 is 14.8 Å². The molecule has 0 aromatic heterocycles. The van der Waals surface area contributed by atoms with Crippen molar-refractivity contribution in [2.75, 3.05) is 32.1 Å². The van der Waals surface area contributed by atoms with Gasteiger partial charge in [-0.05, 0) is 91.0 Å². The molecular formula is C39H37F3N2O8. The molecule has 272 valence electrons. The van der Waals surface area contributed by atoms with Gasteiger partial charge in [0, 0.05) is 16.8 Å². The summed E-state index contributed by atoms with van der Waals surface area (Å²) in [6, 6.07) is 14.7. The van der Waals surface area contributed by atoms with E-state index in [1.165, 1.54) is 68.9 Å². The van der Waals surface area contributed by atoms with Crippen molar-refractivity contribution in [2.45, 2.75) is 45.2 Å². The van der Waals surface area contributed by atoms with Crippen molar-refractivity contribution >= 4 is 29.4 Å². The lowest BCUT2D eigenvalue weighted by atomic mass is 10.1. The first kappa shape index (κ1) is 38.8. The molecule has 52 heavy (non-hydrogen) atoms. The Hall–Kier alpha value is -6.03. The number of carbonyl (C=O) groups excluding carboxylic acids is 3. The Labute approximate surface area is 298 Å². The fourth-order valence-corrected chi connectivity index (χ4v) is 5.02. The molecule has 2 amide bonds. The monoisotopic (exact) mass is 718 g/mol. The van der Waals surface area contributed by atoms with Gasteiger partial charge in [-0.1, -0.05) is 38.3 Å². The van der Waals surface area contributed by atoms with Crippen molar-refractivity contribution in [3.8, 4) is 11.5 Å². The number of benzene rings is 3. The quantitative estimate of drug-likeness (QED) is 0.0821. The molecule has 0 heterocycles. The van der Waals surface area contributed by atoms with Crippen LogP contribution in [0, 0.1) is 0 Å². The summed E-state index contributed by atoms with van der Waals surface area (Å²) in [7, 11) is 1.20. The number of methoxy groups -OCH3 is 1. The number of halogens is 3. The Balaban J connectivity index is 1.38. The van der Waals surface area contributed by atoms with Gasteiger partial charge < -0.3 is 29.5 Å². The van der Waals surface area contributed by atoms with Gasteiger partial charge >= 0.3 is 18.1 Å². The van der Waals surface area contributed by atoms with Crippen LogP contribution in [0.2, 0.25) is 0 Å². The van der Waals surface area contributed by atoms with E-state index in [9.17, 15) is 37.5 Å². The highest BCUT2D eigenvalue weighted by atomic mass is 19.4. The van der Waals surface area contributed by atoms with Crippen molar-refractivity contribution in [2.24, 2.45) is 0 Å². The van der Waals surface area contributed by atoms with Crippen LogP contribution in [0.25, 0.3) is 0 Å². The third-order valence-electron chi connectivity index (χ3n) is 7.73. The largest absolute Gasteiger partial charge is 0.497 e. The predicted octanol–water partition coefficient (Wildman–Crippen LogP) is 7.83. The molecule has 0 unspecified atom stereocenters. The number of rotatable bonds is 17. The number of aliphatic carboxylic acids is 1. The van der Waals surface area contributed by atoms with Gasteiger partial charge in [0.1, 0.15) is 18.0 Å². The van der Waals surface area contributed by atoms with Crippen molar-refractivity contribution in [3.05, 3.63) is 124 Å². The summed E-state index contributed by atoms with van der Waals surface area (Å²) in [6.45, 7) is 1.90. The topological polar surface area (TPSA) is 131 Å². The number of anilines is 1. The third-order valence-corrected chi connectivity index (χ3v) is 7.73. The molecule has 0 radical (unpaired) electrons. The zero-order valence-electron chi connectivity index (χ0n) is 28.5. The average Bonchev–Trinajstić information content (AvgIpc) is 3.13. The molecule has 1 aliphatic carbocycles. The second-order valence-electron chi connectivity index (χ2n) is 11.6. The van der Waals surface area contributed by atoms with Gasteiger partial charge in [0.05, 0.1) is 37.0 Å². The lowest BCUT2D eigenvalue weighted by Crippen LogP contribution is -2.37. The van der Waals surface area contributed by atoms with Crippen LogP contribution in [0.3, 0.4) is 0 Å². The maximum atomic E-state index is 13.6. The first-order valence-corrected chi connectivity index (χ1v) is 16.4. The van der Waals surface area contributed by atoms with Crippen LogP contribution in [-0.4, -0.2) is 60.6 Å². The SMILES string of the molecule is CCCCCCCOc1ccc(C(=O)OC2=C=C=C(CN(CC(=O)O)C(=O)c3ccc(NC(=O)c4ccc(OC)cc4C(F)(F)F)cc3)C=C2)cc1. The first-order chi connectivity index (χ1) is 24.9. The first-order valence-electron chi connectivity index (χ1n) is 16.4. The highest BCUT2D eigenvalue weighted by molar-refractivity contribution is 6.06. The number of unbranched alkanes of at least 4 members (excludes halogenated alkanes) is 4. The normalized spacial score (nSPS) is 12.0. The molecule has 1 aliphatic rings. The van der Waals surface area contributed by atoms with Gasteiger partial charge in [-0.25, -0.2) is 4.79 Å². The number of esters is 1. The lowest BCUT2D eigenvalue weighted by Gasteiger charge is -2.21. The summed E-state index contributed by atoms with van der Waals surface area (Å²) in [5.74, 6) is -2.99. The minimum atomic E-state index is -4.82. The molecule has 2 N–H and O–H groups in total. The Kier molecular flexibility index (Phi) is 13.6. The molecular weight excluding hydrogens is 681 g/mol. The van der Waals surface area contributed by atoms with E-state index < -0.39 is 47.6 Å². The maximum Gasteiger partial charge on any atom is 0.417 e. The van der Waals surface area contributed by atoms with Crippen LogP contribution in [-0.2, 0) is 15.7 Å². The zero-order valence-corrected chi connectivity index (χ0v) is 28.5. The number of allylic oxidation sites excluding steroid dienone is 1. The van der Waals surface area contributed by atoms with E-state index in [0.29, 0.717) is 23.5 Å². The Morgan fingerprint density at radius 1 is 0.846 bits per heavy atom. The number of carboxylic acids is 1. The van der Waals surface area contributed by atoms with Gasteiger partial charge in [0.15, 0.2) is 5.76 Å². The number of alkyl halides is 3. The second kappa shape index (κ2) is 18.3. The molecule has 3 aromatic rings. The summed E-state index contributed by atoms with van der Waals surface area (Å²) in [4.78, 5) is 51.3. The van der Waals surface area contributed by atoms with Crippen molar-refractivity contribution in [1.29, 1.82) is 0 Å². The van der Waals surface area contributed by atoms with E-state index in [2.05, 4.69) is 23.7 Å². The summed E-state index contributed by atoms with van der Waals surface area (Å²) in [6.07, 6.45) is 3.73. The molecule has 0 aliphatic heterocycles. The Morgan fingerprint density at radius 3 is 2.13 bits per heavy atom. The minimum Gasteiger partial charge on any atom is -0.497 e. The average molecular weight is 719 g/mol. The van der Waals surface area contributed by atoms with Gasteiger partial charge in [0.25, 0.3) is 11.8 Å². The number of hydrogen-bond acceptors (Lipinski definition) is 7. The summed E-state index contributed by atoms with van der Waals surface area (Å²) < 4.78 is 56.7. The highest BCUT2D eigenvalue weighted by Crippen LogP contribution is 2.35. The van der Waals surface area contributed by atoms with Crippen LogP contribution in [0.15, 0.2) is 102 Å². The lowest BCUT2D eigenvalue weighted by molar-refractivity contribution is -0.138. The molecule has 0 fully saturated rings. The standard InChI is InChI=1S/C39H37F3N2O8/c1-3-4-5-6-7-22-51-30-18-12-28(13-19-30)38(49)52-31-16-8-26(9-17-31)24-44(25-35(45)46)37(48)27-10-14-29(15-11-27)43-36(47)33-21-20-32(50-2)23-34(33)39(40,41)42/h8,10-16,18-21,23H,3-7,22,24-25H2,1-2H3,(H,43,47)(H,45,46). The molecule has 13 heteroatoms. The number of nitrogens with one attached hydrogen (secondary N) is 1. The van der Waals surface area contributed by atoms with Crippen LogP contribution in [0.4, 0.5) is 18.9 Å². The third kappa shape index (κ3) is 11.2. The summed E-state index contributed by atoms with van der Waals surface area (Å²) in [5, 5.41) is 11.8. The maximum absolute atomic E-state index is 13.6. The van der Waals surface area contributed by atoms with Gasteiger partial charge in [-0.3, -0.25) is 14.4 Å². The molecule has 4 rings (SSSR count). The predicted molar refractivity (Wildman–Crippen MR) is 185 cm³/mol. The van der Waals surface area contributed by atoms with E-state index >= 15 is 0 Å². The number of carboxylic acid groups (broad SMARTS) is 1. The Bertz CT molecular complexity index is 1900. The van der Waals surface area contributed by atoms with E-state index in [1.54, 1.807) is 24.3 Å². The van der Waals surface area contributed by atoms with Crippen molar-refractivity contribution in [3.63, 3.8) is 0 Å². The molecule has 0 saturated carbocycles. The zero-order chi connectivity index (χ0) is 37.7. The minimum absolute atomic E-state index is 0.0533. The fourth-order valence-electron chi connectivity index (χ4n) is 5.02. The van der Waals surface area contributed by atoms with Crippen LogP contribution in [0.5, 0.6) is 11.5 Å². The molecule has 0 spiro atoms. The summed E-state index contributed by atoms with van der Waals surface area (Å²) >= 11 is 0. The van der Waals surface area contributed by atoms with E-state index in [0.717, 1.165) is 29.9 Å². The second-order valence-corrected chi connectivity index (χ2v) is 11.6. The van der Waals surface area contributed by atoms with Gasteiger partial charge in [-0.15, -0.1) is 0 Å². The van der Waals surface area contributed by atoms with E-state index in [1.807, 2.05) is 0 Å². The van der Waals surface area contributed by atoms with Gasteiger partial charge in [0.2, 0.25) is 0 Å². The van der Waals surface area contributed by atoms with Crippen LogP contribution in [0.1, 0.15) is 75.7 Å².